The maximum Gasteiger partial charge on any atom is 0.492 e. The molecular weight excluding hydrogens is 332 g/mol. The number of hydrogen-bond acceptors (Lipinski definition) is 5. The van der Waals surface area contributed by atoms with Crippen LogP contribution in [0.3, 0.4) is 0 Å². The molecule has 1 aromatic heterocycles. The number of rotatable bonds is 5. The van der Waals surface area contributed by atoms with E-state index in [0.717, 1.165) is 5.56 Å². The molecule has 0 unspecified atom stereocenters. The minimum absolute atomic E-state index is 0.120. The van der Waals surface area contributed by atoms with Gasteiger partial charge in [-0.25, -0.2) is 0 Å². The van der Waals surface area contributed by atoms with Gasteiger partial charge >= 0.3 is 11.9 Å². The fourth-order valence-electron chi connectivity index (χ4n) is 1.70. The number of hydrogen-bond donors (Lipinski definition) is 1. The van der Waals surface area contributed by atoms with Crippen LogP contribution in [0.1, 0.15) is 11.1 Å². The first-order chi connectivity index (χ1) is 9.47. The smallest absolute Gasteiger partial charge is 0.481 e. The van der Waals surface area contributed by atoms with Crippen LogP contribution >= 0.6 is 15.9 Å². The van der Waals surface area contributed by atoms with Gasteiger partial charge in [-0.3, -0.25) is 4.79 Å². The van der Waals surface area contributed by atoms with E-state index in [1.807, 2.05) is 0 Å². The molecule has 0 atom stereocenters. The monoisotopic (exact) mass is 340 g/mol. The molecule has 0 spiro atoms. The molecule has 0 saturated heterocycles. The molecule has 1 heterocycles. The van der Waals surface area contributed by atoms with Gasteiger partial charge in [0, 0.05) is 21.0 Å². The molecule has 104 valence electrons. The minimum atomic E-state index is -0.943. The lowest BCUT2D eigenvalue weighted by atomic mass is 10.0. The number of benzene rings is 1. The number of nitrogens with zero attached hydrogens (tertiary/aromatic N) is 4. The van der Waals surface area contributed by atoms with Crippen LogP contribution in [0.25, 0.3) is 0 Å². The van der Waals surface area contributed by atoms with Crippen molar-refractivity contribution in [3.63, 3.8) is 0 Å². The zero-order chi connectivity index (χ0) is 14.7. The fraction of sp³-hybridized carbons (Fsp3) is 0.182. The molecule has 0 aliphatic carbocycles. The van der Waals surface area contributed by atoms with Gasteiger partial charge in [-0.1, -0.05) is 24.3 Å². The third kappa shape index (κ3) is 3.18. The van der Waals surface area contributed by atoms with E-state index < -0.39 is 16.8 Å². The topological polar surface area (TPSA) is 111 Å². The van der Waals surface area contributed by atoms with Crippen LogP contribution in [0.4, 0.5) is 5.95 Å². The molecule has 20 heavy (non-hydrogen) atoms. The molecule has 0 saturated carbocycles. The van der Waals surface area contributed by atoms with Crippen LogP contribution in [0.15, 0.2) is 29.0 Å². The van der Waals surface area contributed by atoms with E-state index in [1.165, 1.54) is 4.68 Å². The maximum atomic E-state index is 10.8. The van der Waals surface area contributed by atoms with Crippen molar-refractivity contribution < 1.29 is 14.8 Å². The summed E-state index contributed by atoms with van der Waals surface area (Å²) in [6.07, 6.45) is -0.120. The molecule has 2 aromatic rings. The molecule has 1 aromatic carbocycles. The lowest BCUT2D eigenvalue weighted by molar-refractivity contribution is -0.394. The van der Waals surface area contributed by atoms with Crippen molar-refractivity contribution in [2.24, 2.45) is 0 Å². The number of carbonyl (C=O) groups is 1. The van der Waals surface area contributed by atoms with Crippen molar-refractivity contribution in [1.29, 1.82) is 0 Å². The largest absolute Gasteiger partial charge is 0.492 e. The van der Waals surface area contributed by atoms with E-state index >= 15 is 0 Å². The summed E-state index contributed by atoms with van der Waals surface area (Å²) in [5, 5.41) is 23.2. The predicted octanol–water partition coefficient (Wildman–Crippen LogP) is 1.62. The Labute approximate surface area is 121 Å². The van der Waals surface area contributed by atoms with Crippen LogP contribution in [0.5, 0.6) is 0 Å². The first-order valence-corrected chi connectivity index (χ1v) is 6.30. The first kappa shape index (κ1) is 14.1. The quantitative estimate of drug-likeness (QED) is 0.653. The van der Waals surface area contributed by atoms with Crippen LogP contribution in [-0.2, 0) is 17.8 Å². The molecule has 0 radical (unpaired) electrons. The zero-order valence-electron chi connectivity index (χ0n) is 10.1. The molecule has 1 N–H and O–H groups in total. The Balaban J connectivity index is 2.30. The molecule has 0 aliphatic rings. The lowest BCUT2D eigenvalue weighted by Gasteiger charge is -2.06. The fourth-order valence-corrected chi connectivity index (χ4v) is 2.06. The molecule has 2 rings (SSSR count). The lowest BCUT2D eigenvalue weighted by Crippen LogP contribution is -2.08. The normalized spacial score (nSPS) is 10.4. The highest BCUT2D eigenvalue weighted by Gasteiger charge is 2.20. The predicted molar refractivity (Wildman–Crippen MR) is 71.3 cm³/mol. The van der Waals surface area contributed by atoms with E-state index in [4.69, 9.17) is 5.11 Å². The van der Waals surface area contributed by atoms with Gasteiger partial charge < -0.3 is 15.2 Å². The number of carboxylic acid groups (broad SMARTS) is 1. The highest BCUT2D eigenvalue weighted by atomic mass is 79.9. The molecular formula is C11H9BrN4O4. The van der Waals surface area contributed by atoms with E-state index in [9.17, 15) is 14.9 Å². The summed E-state index contributed by atoms with van der Waals surface area (Å²) in [6.45, 7) is 0.199. The Morgan fingerprint density at radius 2 is 2.05 bits per heavy atom. The van der Waals surface area contributed by atoms with E-state index in [2.05, 4.69) is 26.0 Å². The molecule has 0 fully saturated rings. The average Bonchev–Trinajstić information content (AvgIpc) is 2.73. The molecule has 0 bridgehead atoms. The first-order valence-electron chi connectivity index (χ1n) is 5.50. The standard InChI is InChI=1S/C11H9BrN4O4/c12-10-13-11(16(19)20)14-15(10)6-8-4-2-1-3-7(8)5-9(17)18/h1-4H,5-6H2,(H,17,18). The summed E-state index contributed by atoms with van der Waals surface area (Å²) >= 11 is 3.09. The summed E-state index contributed by atoms with van der Waals surface area (Å²) in [4.78, 5) is 24.4. The van der Waals surface area contributed by atoms with Crippen molar-refractivity contribution in [3.8, 4) is 0 Å². The summed E-state index contributed by atoms with van der Waals surface area (Å²) in [5.74, 6) is -1.45. The van der Waals surface area contributed by atoms with Crippen molar-refractivity contribution in [2.45, 2.75) is 13.0 Å². The second kappa shape index (κ2) is 5.78. The van der Waals surface area contributed by atoms with Crippen molar-refractivity contribution in [1.82, 2.24) is 14.8 Å². The number of aliphatic carboxylic acids is 1. The van der Waals surface area contributed by atoms with Gasteiger partial charge in [0.1, 0.15) is 0 Å². The summed E-state index contributed by atoms with van der Waals surface area (Å²) in [7, 11) is 0. The van der Waals surface area contributed by atoms with Gasteiger partial charge in [-0.05, 0) is 21.0 Å². The van der Waals surface area contributed by atoms with Gasteiger partial charge in [0.25, 0.3) is 4.73 Å². The number of aromatic nitrogens is 3. The van der Waals surface area contributed by atoms with Crippen LogP contribution in [0, 0.1) is 10.1 Å². The van der Waals surface area contributed by atoms with Crippen LogP contribution < -0.4 is 0 Å². The number of halogens is 1. The van der Waals surface area contributed by atoms with Crippen LogP contribution in [-0.4, -0.2) is 30.8 Å². The Kier molecular flexibility index (Phi) is 4.08. The highest BCUT2D eigenvalue weighted by molar-refractivity contribution is 9.10. The molecule has 0 amide bonds. The molecule has 0 aliphatic heterocycles. The molecule has 8 nitrogen and oxygen atoms in total. The minimum Gasteiger partial charge on any atom is -0.481 e. The van der Waals surface area contributed by atoms with E-state index in [0.29, 0.717) is 5.56 Å². The Bertz CT molecular complexity index is 670. The van der Waals surface area contributed by atoms with Crippen molar-refractivity contribution >= 4 is 27.8 Å². The number of nitro groups is 1. The summed E-state index contributed by atoms with van der Waals surface area (Å²) in [6, 6.07) is 6.95. The van der Waals surface area contributed by atoms with Crippen LogP contribution in [0.2, 0.25) is 0 Å². The average molecular weight is 341 g/mol. The maximum absolute atomic E-state index is 10.8. The Morgan fingerprint density at radius 1 is 1.40 bits per heavy atom. The van der Waals surface area contributed by atoms with E-state index in [-0.39, 0.29) is 17.7 Å². The number of carboxylic acids is 1. The van der Waals surface area contributed by atoms with Crippen molar-refractivity contribution in [2.75, 3.05) is 0 Å². The van der Waals surface area contributed by atoms with E-state index in [1.54, 1.807) is 24.3 Å². The van der Waals surface area contributed by atoms with Gasteiger partial charge in [-0.15, -0.1) is 0 Å². The SMILES string of the molecule is O=C(O)Cc1ccccc1Cn1nc([N+](=O)[O-])nc1Br. The summed E-state index contributed by atoms with van der Waals surface area (Å²) in [5.41, 5.74) is 1.35. The second-order valence-electron chi connectivity index (χ2n) is 3.93. The third-order valence-electron chi connectivity index (χ3n) is 2.56. The summed E-state index contributed by atoms with van der Waals surface area (Å²) < 4.78 is 1.52. The van der Waals surface area contributed by atoms with Gasteiger partial charge in [0.2, 0.25) is 0 Å². The highest BCUT2D eigenvalue weighted by Crippen LogP contribution is 2.17. The third-order valence-corrected chi connectivity index (χ3v) is 3.15. The van der Waals surface area contributed by atoms with Crippen molar-refractivity contribution in [3.05, 3.63) is 50.2 Å². The molecule has 9 heteroatoms. The van der Waals surface area contributed by atoms with Gasteiger partial charge in [0.05, 0.1) is 13.0 Å². The van der Waals surface area contributed by atoms with Gasteiger partial charge in [0.15, 0.2) is 0 Å². The Morgan fingerprint density at radius 3 is 2.60 bits per heavy atom. The Hall–Kier alpha value is -2.29. The van der Waals surface area contributed by atoms with Gasteiger partial charge in [-0.2, -0.15) is 4.68 Å². The zero-order valence-corrected chi connectivity index (χ0v) is 11.6. The second-order valence-corrected chi connectivity index (χ2v) is 4.64.